The number of hydrogen-bond donors (Lipinski definition) is 2. The van der Waals surface area contributed by atoms with Crippen molar-refractivity contribution >= 4 is 65.0 Å². The summed E-state index contributed by atoms with van der Waals surface area (Å²) in [7, 11) is 0. The van der Waals surface area contributed by atoms with Crippen molar-refractivity contribution in [2.45, 2.75) is 25.7 Å². The van der Waals surface area contributed by atoms with Gasteiger partial charge in [0.15, 0.2) is 0 Å². The summed E-state index contributed by atoms with van der Waals surface area (Å²) in [6.45, 7) is 1.98. The lowest BCUT2D eigenvalue weighted by Gasteiger charge is -2.36. The van der Waals surface area contributed by atoms with Gasteiger partial charge in [0.1, 0.15) is 17.4 Å². The molecular formula is C24H18Br2N4O2S. The number of aromatic nitrogens is 3. The summed E-state index contributed by atoms with van der Waals surface area (Å²) >= 11 is 8.51. The minimum Gasteiger partial charge on any atom is -0.506 e. The Morgan fingerprint density at radius 2 is 1.94 bits per heavy atom. The molecule has 4 aromatic rings. The third-order valence-corrected chi connectivity index (χ3v) is 8.53. The molecule has 166 valence electrons. The van der Waals surface area contributed by atoms with E-state index in [-0.39, 0.29) is 23.4 Å². The van der Waals surface area contributed by atoms with E-state index in [1.54, 1.807) is 11.3 Å². The van der Waals surface area contributed by atoms with E-state index in [2.05, 4.69) is 49.3 Å². The van der Waals surface area contributed by atoms with Gasteiger partial charge in [-0.25, -0.2) is 4.98 Å². The Hall–Kier alpha value is -2.49. The van der Waals surface area contributed by atoms with Crippen LogP contribution in [0.3, 0.4) is 0 Å². The number of fused-ring (bicyclic) bond motifs is 3. The molecule has 0 unspecified atom stereocenters. The van der Waals surface area contributed by atoms with Gasteiger partial charge in [-0.1, -0.05) is 29.5 Å². The van der Waals surface area contributed by atoms with Crippen LogP contribution in [0, 0.1) is 12.8 Å². The van der Waals surface area contributed by atoms with Crippen LogP contribution in [0.25, 0.3) is 15.3 Å². The van der Waals surface area contributed by atoms with Crippen LogP contribution in [-0.4, -0.2) is 25.7 Å². The molecule has 2 N–H and O–H groups in total. The molecule has 2 aliphatic rings. The van der Waals surface area contributed by atoms with Gasteiger partial charge in [0.05, 0.1) is 30.8 Å². The van der Waals surface area contributed by atoms with Crippen LogP contribution in [0.4, 0.5) is 5.82 Å². The summed E-state index contributed by atoms with van der Waals surface area (Å²) in [4.78, 5) is 18.0. The fourth-order valence-corrected chi connectivity index (χ4v) is 7.01. The first-order valence-electron chi connectivity index (χ1n) is 10.6. The van der Waals surface area contributed by atoms with E-state index in [1.165, 1.54) is 0 Å². The minimum absolute atomic E-state index is 0.139. The molecule has 2 aromatic heterocycles. The normalized spacial score (nSPS) is 19.7. The number of para-hydroxylation sites is 1. The maximum absolute atomic E-state index is 13.2. The Bertz CT molecular complexity index is 1430. The number of hydrogen-bond acceptors (Lipinski definition) is 6. The molecule has 6 nitrogen and oxygen atoms in total. The molecule has 1 aliphatic carbocycles. The van der Waals surface area contributed by atoms with Gasteiger partial charge in [-0.05, 0) is 75.0 Å². The number of phenolic OH excluding ortho intramolecular Hbond substituents is 1. The molecule has 0 saturated heterocycles. The average Bonchev–Trinajstić information content (AvgIpc) is 3.37. The van der Waals surface area contributed by atoms with Crippen molar-refractivity contribution in [2.75, 3.05) is 5.32 Å². The summed E-state index contributed by atoms with van der Waals surface area (Å²) in [5.74, 6) is 0.649. The van der Waals surface area contributed by atoms with Crippen molar-refractivity contribution in [1.82, 2.24) is 14.8 Å². The van der Waals surface area contributed by atoms with Gasteiger partial charge in [-0.2, -0.15) is 9.78 Å². The molecule has 9 heteroatoms. The Morgan fingerprint density at radius 1 is 1.18 bits per heavy atom. The number of Topliss-reactive ketones (excluding diaryl/α,β-unsaturated/α-hetero) is 1. The highest BCUT2D eigenvalue weighted by molar-refractivity contribution is 9.11. The fourth-order valence-electron chi connectivity index (χ4n) is 4.87. The van der Waals surface area contributed by atoms with E-state index in [9.17, 15) is 9.90 Å². The van der Waals surface area contributed by atoms with E-state index >= 15 is 0 Å². The number of anilines is 1. The molecule has 33 heavy (non-hydrogen) atoms. The van der Waals surface area contributed by atoms with E-state index in [0.717, 1.165) is 50.1 Å². The van der Waals surface area contributed by atoms with Gasteiger partial charge in [0.25, 0.3) is 0 Å². The zero-order valence-corrected chi connectivity index (χ0v) is 21.5. The summed E-state index contributed by atoms with van der Waals surface area (Å²) in [5, 5.41) is 19.5. The largest absolute Gasteiger partial charge is 0.506 e. The summed E-state index contributed by atoms with van der Waals surface area (Å²) in [6, 6.07) is 11.8. The number of halogens is 2. The van der Waals surface area contributed by atoms with Crippen LogP contribution in [0.2, 0.25) is 0 Å². The molecule has 0 saturated carbocycles. The van der Waals surface area contributed by atoms with Crippen molar-refractivity contribution in [1.29, 1.82) is 0 Å². The number of benzene rings is 2. The van der Waals surface area contributed by atoms with Crippen molar-refractivity contribution < 1.29 is 9.90 Å². The zero-order chi connectivity index (χ0) is 22.9. The van der Waals surface area contributed by atoms with Crippen molar-refractivity contribution in [2.24, 2.45) is 5.92 Å². The fraction of sp³-hybridized carbons (Fsp3) is 0.208. The van der Waals surface area contributed by atoms with E-state index < -0.39 is 0 Å². The van der Waals surface area contributed by atoms with Crippen LogP contribution >= 0.6 is 43.2 Å². The summed E-state index contributed by atoms with van der Waals surface area (Å²) in [6.07, 6.45) is 3.36. The third-order valence-electron chi connectivity index (χ3n) is 6.31. The third kappa shape index (κ3) is 3.28. The number of carbonyl (C=O) groups excluding carboxylic acids is 1. The standard InChI is InChI=1S/C24H18Br2N4O2S/c1-11-19-20(12-9-13(25)22(32)14(26)10-12)21-16(6-4-7-17(21)31)27-23(19)30(29-11)24-28-15-5-2-3-8-18(15)33-24/h2-3,5-6,8-10,20-21,27,32H,4,7H2,1H3/t20-,21+/m0/s1. The van der Waals surface area contributed by atoms with Crippen LogP contribution in [-0.2, 0) is 4.79 Å². The van der Waals surface area contributed by atoms with Crippen molar-refractivity contribution in [3.8, 4) is 10.9 Å². The molecule has 0 bridgehead atoms. The van der Waals surface area contributed by atoms with Gasteiger partial charge >= 0.3 is 0 Å². The summed E-state index contributed by atoms with van der Waals surface area (Å²) in [5.41, 5.74) is 4.61. The number of phenols is 1. The number of nitrogens with one attached hydrogen (secondary N) is 1. The molecule has 1 aliphatic heterocycles. The van der Waals surface area contributed by atoms with Gasteiger partial charge < -0.3 is 10.4 Å². The SMILES string of the molecule is Cc1nn(-c2nc3ccccc3s2)c2c1[C@H](c1cc(Br)c(O)c(Br)c1)[C@H]1C(=O)CCC=C1N2. The minimum atomic E-state index is -0.318. The average molecular weight is 586 g/mol. The number of aryl methyl sites for hydroxylation is 1. The quantitative estimate of drug-likeness (QED) is 0.283. The number of thiazole rings is 1. The highest BCUT2D eigenvalue weighted by Crippen LogP contribution is 2.50. The second kappa shape index (κ2) is 7.78. The maximum atomic E-state index is 13.2. The number of allylic oxidation sites excluding steroid dienone is 2. The van der Waals surface area contributed by atoms with Crippen LogP contribution in [0.15, 0.2) is 57.1 Å². The predicted octanol–water partition coefficient (Wildman–Crippen LogP) is 6.44. The molecule has 6 rings (SSSR count). The van der Waals surface area contributed by atoms with Crippen molar-refractivity contribution in [3.63, 3.8) is 0 Å². The number of nitrogens with zero attached hydrogens (tertiary/aromatic N) is 3. The van der Waals surface area contributed by atoms with Gasteiger partial charge in [-0.15, -0.1) is 0 Å². The van der Waals surface area contributed by atoms with Crippen LogP contribution in [0.5, 0.6) is 5.75 Å². The first kappa shape index (κ1) is 21.1. The molecule has 0 radical (unpaired) electrons. The van der Waals surface area contributed by atoms with Gasteiger partial charge in [-0.3, -0.25) is 4.79 Å². The monoisotopic (exact) mass is 584 g/mol. The first-order chi connectivity index (χ1) is 15.9. The van der Waals surface area contributed by atoms with E-state index in [4.69, 9.17) is 10.1 Å². The second-order valence-electron chi connectivity index (χ2n) is 8.30. The number of carbonyl (C=O) groups is 1. The van der Waals surface area contributed by atoms with Gasteiger partial charge in [0, 0.05) is 23.6 Å². The van der Waals surface area contributed by atoms with E-state index in [1.807, 2.05) is 41.9 Å². The molecule has 2 atom stereocenters. The lowest BCUT2D eigenvalue weighted by Crippen LogP contribution is -2.35. The number of ketones is 1. The Kier molecular flexibility index (Phi) is 4.97. The summed E-state index contributed by atoms with van der Waals surface area (Å²) < 4.78 is 4.12. The topological polar surface area (TPSA) is 80.0 Å². The molecule has 0 spiro atoms. The number of rotatable bonds is 2. The zero-order valence-electron chi connectivity index (χ0n) is 17.5. The first-order valence-corrected chi connectivity index (χ1v) is 13.0. The Labute approximate surface area is 210 Å². The van der Waals surface area contributed by atoms with Crippen LogP contribution in [0.1, 0.15) is 35.6 Å². The molecule has 2 aromatic carbocycles. The molecule has 3 heterocycles. The maximum Gasteiger partial charge on any atom is 0.213 e. The lowest BCUT2D eigenvalue weighted by atomic mass is 9.72. The Morgan fingerprint density at radius 3 is 2.70 bits per heavy atom. The molecular weight excluding hydrogens is 568 g/mol. The predicted molar refractivity (Wildman–Crippen MR) is 136 cm³/mol. The van der Waals surface area contributed by atoms with Crippen LogP contribution < -0.4 is 5.32 Å². The van der Waals surface area contributed by atoms with Gasteiger partial charge in [0.2, 0.25) is 5.13 Å². The highest BCUT2D eigenvalue weighted by atomic mass is 79.9. The smallest absolute Gasteiger partial charge is 0.213 e. The lowest BCUT2D eigenvalue weighted by molar-refractivity contribution is -0.122. The van der Waals surface area contributed by atoms with E-state index in [0.29, 0.717) is 15.4 Å². The van der Waals surface area contributed by atoms with Crippen molar-refractivity contribution in [3.05, 3.63) is 73.9 Å². The molecule has 0 fully saturated rings. The number of aromatic hydroxyl groups is 1. The highest BCUT2D eigenvalue weighted by Gasteiger charge is 2.43. The second-order valence-corrected chi connectivity index (χ2v) is 11.0. The molecule has 0 amide bonds. The Balaban J connectivity index is 1.60.